The molecular formula is C21H22N4O2S. The minimum absolute atomic E-state index is 0.131. The van der Waals surface area contributed by atoms with Crippen LogP contribution in [0, 0.1) is 6.92 Å². The van der Waals surface area contributed by atoms with Crippen molar-refractivity contribution in [2.75, 3.05) is 10.2 Å². The highest BCUT2D eigenvalue weighted by Gasteiger charge is 2.44. The van der Waals surface area contributed by atoms with E-state index >= 15 is 0 Å². The number of amides is 2. The third-order valence-corrected chi connectivity index (χ3v) is 5.95. The van der Waals surface area contributed by atoms with Crippen LogP contribution in [-0.4, -0.2) is 32.6 Å². The van der Waals surface area contributed by atoms with Crippen LogP contribution in [0.25, 0.3) is 11.0 Å². The molecule has 28 heavy (non-hydrogen) atoms. The van der Waals surface area contributed by atoms with Gasteiger partial charge in [-0.3, -0.25) is 14.5 Å². The lowest BCUT2D eigenvalue weighted by molar-refractivity contribution is -0.126. The first-order valence-corrected chi connectivity index (χ1v) is 10.0. The van der Waals surface area contributed by atoms with E-state index in [0.29, 0.717) is 16.5 Å². The second-order valence-corrected chi connectivity index (χ2v) is 8.86. The predicted molar refractivity (Wildman–Crippen MR) is 113 cm³/mol. The summed E-state index contributed by atoms with van der Waals surface area (Å²) in [5, 5.41) is 3.16. The Morgan fingerprint density at radius 1 is 1.21 bits per heavy atom. The summed E-state index contributed by atoms with van der Waals surface area (Å²) in [5.41, 5.74) is 3.35. The van der Waals surface area contributed by atoms with Gasteiger partial charge in [-0.1, -0.05) is 30.0 Å². The number of aromatic nitrogens is 2. The van der Waals surface area contributed by atoms with Crippen LogP contribution in [0.15, 0.2) is 47.6 Å². The van der Waals surface area contributed by atoms with Gasteiger partial charge in [-0.2, -0.15) is 0 Å². The first-order valence-electron chi connectivity index (χ1n) is 9.15. The molecule has 2 heterocycles. The highest BCUT2D eigenvalue weighted by Crippen LogP contribution is 2.38. The molecule has 1 aliphatic heterocycles. The van der Waals surface area contributed by atoms with Crippen LogP contribution >= 0.6 is 11.8 Å². The maximum absolute atomic E-state index is 13.4. The normalized spacial score (nSPS) is 16.6. The molecule has 0 radical (unpaired) electrons. The third-order valence-electron chi connectivity index (χ3n) is 4.98. The van der Waals surface area contributed by atoms with Crippen molar-refractivity contribution < 1.29 is 9.59 Å². The van der Waals surface area contributed by atoms with E-state index in [1.165, 1.54) is 11.8 Å². The molecule has 0 saturated heterocycles. The van der Waals surface area contributed by atoms with E-state index < -0.39 is 10.8 Å². The van der Waals surface area contributed by atoms with Crippen molar-refractivity contribution in [3.63, 3.8) is 0 Å². The lowest BCUT2D eigenvalue weighted by Gasteiger charge is -2.42. The van der Waals surface area contributed by atoms with E-state index in [9.17, 15) is 9.59 Å². The number of fused-ring (bicyclic) bond motifs is 2. The molecule has 1 aromatic heterocycles. The first-order chi connectivity index (χ1) is 13.3. The molecule has 0 saturated carbocycles. The van der Waals surface area contributed by atoms with Crippen LogP contribution in [0.5, 0.6) is 0 Å². The Balaban J connectivity index is 1.64. The highest BCUT2D eigenvalue weighted by atomic mass is 32.2. The van der Waals surface area contributed by atoms with Gasteiger partial charge in [0.2, 0.25) is 11.8 Å². The Bertz CT molecular complexity index is 1090. The molecule has 0 bridgehead atoms. The fraction of sp³-hybridized carbons (Fsp3) is 0.286. The van der Waals surface area contributed by atoms with E-state index in [2.05, 4.69) is 15.3 Å². The van der Waals surface area contributed by atoms with Crippen molar-refractivity contribution in [2.24, 2.45) is 0 Å². The standard InChI is InChI=1S/C21H22N4O2S/c1-12-9-10-14-16(11-12)24-20(23-14)28-13(2)18(26)25-17-8-6-5-7-15(17)22-19(27)21(25,3)4/h5-11,13H,1-4H3,(H,22,27)(H,23,24). The predicted octanol–water partition coefficient (Wildman–Crippen LogP) is 4.12. The molecule has 3 aromatic rings. The van der Waals surface area contributed by atoms with Crippen molar-refractivity contribution in [1.29, 1.82) is 0 Å². The van der Waals surface area contributed by atoms with Gasteiger partial charge in [0.25, 0.3) is 0 Å². The van der Waals surface area contributed by atoms with Crippen molar-refractivity contribution in [3.05, 3.63) is 48.0 Å². The number of imidazole rings is 1. The van der Waals surface area contributed by atoms with Crippen molar-refractivity contribution in [1.82, 2.24) is 9.97 Å². The quantitative estimate of drug-likeness (QED) is 0.655. The fourth-order valence-electron chi connectivity index (χ4n) is 3.40. The zero-order valence-corrected chi connectivity index (χ0v) is 17.1. The van der Waals surface area contributed by atoms with Crippen molar-refractivity contribution in [2.45, 2.75) is 43.6 Å². The van der Waals surface area contributed by atoms with Crippen LogP contribution in [0.2, 0.25) is 0 Å². The second kappa shape index (κ2) is 6.67. The zero-order chi connectivity index (χ0) is 20.1. The summed E-state index contributed by atoms with van der Waals surface area (Å²) in [5.74, 6) is -0.329. The number of hydrogen-bond acceptors (Lipinski definition) is 4. The average Bonchev–Trinajstić information content (AvgIpc) is 3.03. The molecule has 4 rings (SSSR count). The molecule has 2 aromatic carbocycles. The summed E-state index contributed by atoms with van der Waals surface area (Å²) in [6.07, 6.45) is 0. The number of H-pyrrole nitrogens is 1. The Morgan fingerprint density at radius 2 is 1.96 bits per heavy atom. The number of hydrogen-bond donors (Lipinski definition) is 2. The molecule has 2 N–H and O–H groups in total. The molecule has 0 fully saturated rings. The SMILES string of the molecule is Cc1ccc2nc(SC(C)C(=O)N3c4ccccc4NC(=O)C3(C)C)[nH]c2c1. The van der Waals surface area contributed by atoms with Crippen LogP contribution in [-0.2, 0) is 9.59 Å². The summed E-state index contributed by atoms with van der Waals surface area (Å²) in [4.78, 5) is 35.4. The fourth-order valence-corrected chi connectivity index (χ4v) is 4.26. The average molecular weight is 395 g/mol. The lowest BCUT2D eigenvalue weighted by Crippen LogP contribution is -2.60. The van der Waals surface area contributed by atoms with Crippen molar-refractivity contribution in [3.8, 4) is 0 Å². The second-order valence-electron chi connectivity index (χ2n) is 7.53. The number of thioether (sulfide) groups is 1. The van der Waals surface area contributed by atoms with E-state index in [-0.39, 0.29) is 11.8 Å². The zero-order valence-electron chi connectivity index (χ0n) is 16.2. The van der Waals surface area contributed by atoms with Gasteiger partial charge in [0.1, 0.15) is 5.54 Å². The Kier molecular flexibility index (Phi) is 4.42. The molecular weight excluding hydrogens is 372 g/mol. The Labute approximate surface area is 167 Å². The molecule has 2 amide bonds. The largest absolute Gasteiger partial charge is 0.333 e. The first kappa shape index (κ1) is 18.6. The maximum Gasteiger partial charge on any atom is 0.250 e. The number of carbonyl (C=O) groups excluding carboxylic acids is 2. The summed E-state index contributed by atoms with van der Waals surface area (Å²) in [6.45, 7) is 7.39. The number of nitrogens with one attached hydrogen (secondary N) is 2. The van der Waals surface area contributed by atoms with Gasteiger partial charge in [0.15, 0.2) is 5.16 Å². The monoisotopic (exact) mass is 394 g/mol. The highest BCUT2D eigenvalue weighted by molar-refractivity contribution is 8.00. The third kappa shape index (κ3) is 3.05. The van der Waals surface area contributed by atoms with Crippen LogP contribution in [0.1, 0.15) is 26.3 Å². The Hall–Kier alpha value is -2.80. The van der Waals surface area contributed by atoms with Gasteiger partial charge < -0.3 is 10.3 Å². The van der Waals surface area contributed by atoms with Crippen LogP contribution in [0.3, 0.4) is 0 Å². The minimum Gasteiger partial charge on any atom is -0.333 e. The van der Waals surface area contributed by atoms with Crippen LogP contribution in [0.4, 0.5) is 11.4 Å². The van der Waals surface area contributed by atoms with Gasteiger partial charge >= 0.3 is 0 Å². The smallest absolute Gasteiger partial charge is 0.250 e. The van der Waals surface area contributed by atoms with E-state index in [1.807, 2.05) is 56.3 Å². The molecule has 1 atom stereocenters. The van der Waals surface area contributed by atoms with Gasteiger partial charge in [-0.15, -0.1) is 0 Å². The molecule has 0 spiro atoms. The van der Waals surface area contributed by atoms with Gasteiger partial charge in [-0.25, -0.2) is 4.98 Å². The number of anilines is 2. The summed E-state index contributed by atoms with van der Waals surface area (Å²) in [7, 11) is 0. The van der Waals surface area contributed by atoms with Crippen LogP contribution < -0.4 is 10.2 Å². The molecule has 6 nitrogen and oxygen atoms in total. The summed E-state index contributed by atoms with van der Waals surface area (Å²) >= 11 is 1.36. The number of aromatic amines is 1. The number of rotatable bonds is 3. The van der Waals surface area contributed by atoms with E-state index in [1.54, 1.807) is 18.7 Å². The molecule has 1 aliphatic rings. The number of benzene rings is 2. The number of para-hydroxylation sites is 2. The summed E-state index contributed by atoms with van der Waals surface area (Å²) < 4.78 is 0. The van der Waals surface area contributed by atoms with Gasteiger partial charge in [-0.05, 0) is 57.5 Å². The van der Waals surface area contributed by atoms with Crippen molar-refractivity contribution >= 4 is 46.0 Å². The van der Waals surface area contributed by atoms with Gasteiger partial charge in [0, 0.05) is 0 Å². The number of carbonyl (C=O) groups is 2. The van der Waals surface area contributed by atoms with E-state index in [4.69, 9.17) is 0 Å². The maximum atomic E-state index is 13.4. The molecule has 0 aliphatic carbocycles. The van der Waals surface area contributed by atoms with E-state index in [0.717, 1.165) is 16.6 Å². The lowest BCUT2D eigenvalue weighted by atomic mass is 9.96. The molecule has 7 heteroatoms. The minimum atomic E-state index is -0.981. The molecule has 144 valence electrons. The molecule has 1 unspecified atom stereocenters. The van der Waals surface area contributed by atoms with Gasteiger partial charge in [0.05, 0.1) is 27.7 Å². The number of nitrogens with zero attached hydrogens (tertiary/aromatic N) is 2. The number of aryl methyl sites for hydroxylation is 1. The summed E-state index contributed by atoms with van der Waals surface area (Å²) in [6, 6.07) is 13.4. The topological polar surface area (TPSA) is 78.1 Å². The Morgan fingerprint density at radius 3 is 2.75 bits per heavy atom.